The van der Waals surface area contributed by atoms with Crippen LogP contribution in [0.3, 0.4) is 0 Å². The van der Waals surface area contributed by atoms with Crippen LogP contribution >= 0.6 is 22.7 Å². The zero-order chi connectivity index (χ0) is 21.4. The molecular formula is C24H30F2S2. The first-order chi connectivity index (χ1) is 13.3. The maximum Gasteiger partial charge on any atom is 0.134 e. The maximum atomic E-state index is 13.4. The summed E-state index contributed by atoms with van der Waals surface area (Å²) in [6, 6.07) is 11.3. The van der Waals surface area contributed by atoms with E-state index < -0.39 is 0 Å². The Morgan fingerprint density at radius 3 is 1.86 bits per heavy atom. The van der Waals surface area contributed by atoms with E-state index in [9.17, 15) is 8.78 Å². The number of thiophene rings is 2. The number of hydrogen-bond donors (Lipinski definition) is 0. The van der Waals surface area contributed by atoms with Gasteiger partial charge in [0.05, 0.1) is 0 Å². The molecule has 0 unspecified atom stereocenters. The summed E-state index contributed by atoms with van der Waals surface area (Å²) in [7, 11) is 0. The highest BCUT2D eigenvalue weighted by molar-refractivity contribution is 7.19. The third-order valence-electron chi connectivity index (χ3n) is 3.87. The molecule has 0 atom stereocenters. The average Bonchev–Trinajstić information content (AvgIpc) is 3.24. The van der Waals surface area contributed by atoms with E-state index in [-0.39, 0.29) is 11.6 Å². The molecule has 4 aromatic rings. The van der Waals surface area contributed by atoms with Crippen LogP contribution in [-0.2, 0) is 0 Å². The van der Waals surface area contributed by atoms with Gasteiger partial charge in [0, 0.05) is 24.5 Å². The van der Waals surface area contributed by atoms with Gasteiger partial charge in [-0.25, -0.2) is 8.78 Å². The number of aryl methyl sites for hydroxylation is 4. The average molecular weight is 421 g/mol. The Kier molecular flexibility index (Phi) is 9.77. The van der Waals surface area contributed by atoms with E-state index in [0.29, 0.717) is 0 Å². The summed E-state index contributed by atoms with van der Waals surface area (Å²) in [4.78, 5) is 2.39. The third-order valence-corrected chi connectivity index (χ3v) is 5.90. The number of hydrogen-bond acceptors (Lipinski definition) is 2. The van der Waals surface area contributed by atoms with Crippen LogP contribution in [0.2, 0.25) is 0 Å². The Balaban J connectivity index is 0.000000238. The van der Waals surface area contributed by atoms with Gasteiger partial charge in [-0.3, -0.25) is 0 Å². The molecule has 152 valence electrons. The van der Waals surface area contributed by atoms with E-state index in [2.05, 4.69) is 6.07 Å². The van der Waals surface area contributed by atoms with Crippen LogP contribution in [0, 0.1) is 39.3 Å². The minimum absolute atomic E-state index is 0.0724. The van der Waals surface area contributed by atoms with Crippen LogP contribution < -0.4 is 0 Å². The smallest absolute Gasteiger partial charge is 0.134 e. The van der Waals surface area contributed by atoms with Crippen molar-refractivity contribution in [2.45, 2.75) is 55.4 Å². The Morgan fingerprint density at radius 2 is 1.21 bits per heavy atom. The van der Waals surface area contributed by atoms with Crippen LogP contribution in [0.1, 0.15) is 48.6 Å². The zero-order valence-electron chi connectivity index (χ0n) is 18.0. The molecule has 0 nitrogen and oxygen atoms in total. The minimum atomic E-state index is -0.107. The normalized spacial score (nSPS) is 9.79. The van der Waals surface area contributed by atoms with Gasteiger partial charge in [0.25, 0.3) is 0 Å². The highest BCUT2D eigenvalue weighted by Gasteiger charge is 2.05. The topological polar surface area (TPSA) is 0 Å². The lowest BCUT2D eigenvalue weighted by molar-refractivity contribution is 0.621. The number of rotatable bonds is 0. The first-order valence-electron chi connectivity index (χ1n) is 9.66. The second-order valence-electron chi connectivity index (χ2n) is 5.96. The first-order valence-corrected chi connectivity index (χ1v) is 11.3. The molecule has 28 heavy (non-hydrogen) atoms. The van der Waals surface area contributed by atoms with Crippen molar-refractivity contribution in [1.29, 1.82) is 0 Å². The lowest BCUT2D eigenvalue weighted by atomic mass is 10.2. The van der Waals surface area contributed by atoms with Crippen molar-refractivity contribution in [3.05, 3.63) is 68.9 Å². The number of benzene rings is 2. The van der Waals surface area contributed by atoms with E-state index in [1.54, 1.807) is 42.6 Å². The van der Waals surface area contributed by atoms with Crippen LogP contribution in [0.4, 0.5) is 8.78 Å². The Morgan fingerprint density at radius 1 is 0.643 bits per heavy atom. The van der Waals surface area contributed by atoms with E-state index in [1.807, 2.05) is 65.8 Å². The predicted octanol–water partition coefficient (Wildman–Crippen LogP) is 9.37. The van der Waals surface area contributed by atoms with E-state index in [1.165, 1.54) is 4.88 Å². The van der Waals surface area contributed by atoms with Crippen LogP contribution in [0.5, 0.6) is 0 Å². The van der Waals surface area contributed by atoms with Gasteiger partial charge >= 0.3 is 0 Å². The molecule has 0 aliphatic heterocycles. The summed E-state index contributed by atoms with van der Waals surface area (Å²) in [6.07, 6.45) is 0. The molecule has 0 N–H and O–H groups in total. The largest absolute Gasteiger partial charge is 0.207 e. The van der Waals surface area contributed by atoms with Gasteiger partial charge in [0.1, 0.15) is 11.6 Å². The zero-order valence-corrected chi connectivity index (χ0v) is 19.7. The van der Waals surface area contributed by atoms with Crippen LogP contribution in [0.15, 0.2) is 36.4 Å². The van der Waals surface area contributed by atoms with Gasteiger partial charge in [-0.05, 0) is 74.5 Å². The Hall–Kier alpha value is -1.78. The second kappa shape index (κ2) is 11.3. The summed E-state index contributed by atoms with van der Waals surface area (Å²) in [5.74, 6) is -0.179. The van der Waals surface area contributed by atoms with Crippen molar-refractivity contribution in [3.63, 3.8) is 0 Å². The molecule has 2 heterocycles. The van der Waals surface area contributed by atoms with Gasteiger partial charge in [-0.15, -0.1) is 22.7 Å². The van der Waals surface area contributed by atoms with E-state index in [4.69, 9.17) is 0 Å². The monoisotopic (exact) mass is 420 g/mol. The Labute approximate surface area is 175 Å². The molecule has 0 saturated heterocycles. The quantitative estimate of drug-likeness (QED) is 0.266. The summed E-state index contributed by atoms with van der Waals surface area (Å²) >= 11 is 3.27. The molecule has 0 aliphatic carbocycles. The van der Waals surface area contributed by atoms with Crippen molar-refractivity contribution >= 4 is 42.8 Å². The fourth-order valence-electron chi connectivity index (χ4n) is 2.62. The van der Waals surface area contributed by atoms with Crippen molar-refractivity contribution in [3.8, 4) is 0 Å². The third kappa shape index (κ3) is 5.86. The summed E-state index contributed by atoms with van der Waals surface area (Å²) in [5.41, 5.74) is 1.45. The lowest BCUT2D eigenvalue weighted by Gasteiger charge is -1.95. The molecule has 0 saturated carbocycles. The molecular weight excluding hydrogens is 390 g/mol. The molecule has 0 spiro atoms. The molecule has 0 amide bonds. The van der Waals surface area contributed by atoms with Crippen molar-refractivity contribution < 1.29 is 8.78 Å². The molecule has 4 heteroatoms. The van der Waals surface area contributed by atoms with Gasteiger partial charge in [0.2, 0.25) is 0 Å². The summed E-state index contributed by atoms with van der Waals surface area (Å²) in [6.45, 7) is 15.6. The highest BCUT2D eigenvalue weighted by atomic mass is 32.1. The molecule has 2 aromatic carbocycles. The molecule has 0 bridgehead atoms. The molecule has 0 fully saturated rings. The van der Waals surface area contributed by atoms with Crippen molar-refractivity contribution in [2.24, 2.45) is 0 Å². The maximum absolute atomic E-state index is 13.4. The lowest BCUT2D eigenvalue weighted by Crippen LogP contribution is -1.80. The van der Waals surface area contributed by atoms with E-state index >= 15 is 0 Å². The minimum Gasteiger partial charge on any atom is -0.207 e. The molecule has 0 aliphatic rings. The molecule has 0 radical (unpaired) electrons. The number of fused-ring (bicyclic) bond motifs is 2. The van der Waals surface area contributed by atoms with E-state index in [0.717, 1.165) is 36.2 Å². The molecule has 2 aromatic heterocycles. The SMILES string of the molecule is CC.CC.Cc1cc2c(F)c(C)ccc2s1.Cc1cc2cc(C)c(F)cc2s1. The predicted molar refractivity (Wildman–Crippen MR) is 125 cm³/mol. The van der Waals surface area contributed by atoms with Crippen molar-refractivity contribution in [1.82, 2.24) is 0 Å². The van der Waals surface area contributed by atoms with Gasteiger partial charge in [-0.1, -0.05) is 33.8 Å². The van der Waals surface area contributed by atoms with Gasteiger partial charge in [0.15, 0.2) is 0 Å². The highest BCUT2D eigenvalue weighted by Crippen LogP contribution is 2.28. The summed E-state index contributed by atoms with van der Waals surface area (Å²) < 4.78 is 28.6. The Bertz CT molecular complexity index is 986. The summed E-state index contributed by atoms with van der Waals surface area (Å²) in [5, 5.41) is 1.91. The van der Waals surface area contributed by atoms with Crippen LogP contribution in [0.25, 0.3) is 20.2 Å². The van der Waals surface area contributed by atoms with Crippen molar-refractivity contribution in [2.75, 3.05) is 0 Å². The second-order valence-corrected chi connectivity index (χ2v) is 8.54. The van der Waals surface area contributed by atoms with Gasteiger partial charge in [-0.2, -0.15) is 0 Å². The number of halogens is 2. The standard InChI is InChI=1S/2C10H9FS.2C2H6/c1-6-3-8-4-7(2)12-10(8)5-9(6)11;1-6-3-4-9-8(10(6)11)5-7(2)12-9;2*1-2/h2*3-5H,1-2H3;2*1-2H3. The van der Waals surface area contributed by atoms with Crippen LogP contribution in [-0.4, -0.2) is 0 Å². The fraction of sp³-hybridized carbons (Fsp3) is 0.333. The molecule has 4 rings (SSSR count). The fourth-order valence-corrected chi connectivity index (χ4v) is 4.47. The van der Waals surface area contributed by atoms with Gasteiger partial charge < -0.3 is 0 Å². The first kappa shape index (κ1) is 24.3.